The number of azo groups is 1. The van der Waals surface area contributed by atoms with Gasteiger partial charge < -0.3 is 4.74 Å². The summed E-state index contributed by atoms with van der Waals surface area (Å²) in [6.45, 7) is 0. The average Bonchev–Trinajstić information content (AvgIpc) is 1.94. The zero-order valence-corrected chi connectivity index (χ0v) is 6.09. The van der Waals surface area contributed by atoms with Gasteiger partial charge in [-0.15, -0.1) is 10.2 Å². The molecule has 0 saturated heterocycles. The first-order chi connectivity index (χ1) is 4.74. The van der Waals surface area contributed by atoms with E-state index < -0.39 is 6.10 Å². The van der Waals surface area contributed by atoms with Crippen LogP contribution in [0.15, 0.2) is 21.5 Å². The molecule has 0 aromatic heterocycles. The van der Waals surface area contributed by atoms with Gasteiger partial charge in [0.1, 0.15) is 6.10 Å². The van der Waals surface area contributed by atoms with Crippen LogP contribution < -0.4 is 0 Å². The molecule has 1 aliphatic rings. The molecule has 1 N–H and O–H groups in total. The molecule has 0 bridgehead atoms. The number of methoxy groups -OCH3 is 1. The number of rotatable bonds is 1. The molecule has 0 saturated carbocycles. The number of hydrogen-bond acceptors (Lipinski definition) is 3. The molecule has 0 aliphatic carbocycles. The molecule has 54 valence electrons. The summed E-state index contributed by atoms with van der Waals surface area (Å²) in [4.78, 5) is 0. The third-order valence-corrected chi connectivity index (χ3v) is 1.27. The normalized spacial score (nSPS) is 24.8. The van der Waals surface area contributed by atoms with Crippen molar-refractivity contribution in [2.45, 2.75) is 6.10 Å². The highest BCUT2D eigenvalue weighted by Crippen LogP contribution is 2.13. The van der Waals surface area contributed by atoms with Gasteiger partial charge in [0.2, 0.25) is 0 Å². The Morgan fingerprint density at radius 3 is 2.90 bits per heavy atom. The van der Waals surface area contributed by atoms with Gasteiger partial charge in [-0.25, -0.2) is 0 Å². The summed E-state index contributed by atoms with van der Waals surface area (Å²) < 4.78 is 4.83. The molecule has 0 fully saturated rings. The smallest absolute Gasteiger partial charge is 0.176 e. The van der Waals surface area contributed by atoms with Gasteiger partial charge in [0, 0.05) is 7.11 Å². The lowest BCUT2D eigenvalue weighted by Crippen LogP contribution is -2.19. The summed E-state index contributed by atoms with van der Waals surface area (Å²) in [5.74, 6) is 0.0758. The third kappa shape index (κ3) is 1.40. The van der Waals surface area contributed by atoms with Gasteiger partial charge in [-0.1, -0.05) is 11.6 Å². The summed E-state index contributed by atoms with van der Waals surface area (Å²) in [6.07, 6.45) is 1.08. The van der Waals surface area contributed by atoms with Crippen molar-refractivity contribution in [3.63, 3.8) is 0 Å². The minimum atomic E-state index is -0.440. The van der Waals surface area contributed by atoms with E-state index in [4.69, 9.17) is 21.7 Å². The predicted molar refractivity (Wildman–Crippen MR) is 37.3 cm³/mol. The Kier molecular flexibility index (Phi) is 2.13. The molecule has 10 heavy (non-hydrogen) atoms. The number of hydrogen-bond donors (Lipinski definition) is 1. The fourth-order valence-electron chi connectivity index (χ4n) is 0.575. The van der Waals surface area contributed by atoms with Crippen molar-refractivity contribution >= 4 is 17.4 Å². The van der Waals surface area contributed by atoms with E-state index in [-0.39, 0.29) is 11.0 Å². The van der Waals surface area contributed by atoms with Crippen LogP contribution in [-0.4, -0.2) is 19.0 Å². The molecule has 4 nitrogen and oxygen atoms in total. The first-order valence-electron chi connectivity index (χ1n) is 2.64. The van der Waals surface area contributed by atoms with Gasteiger partial charge in [-0.3, -0.25) is 5.41 Å². The number of nitrogens with zero attached hydrogens (tertiary/aromatic N) is 2. The summed E-state index contributed by atoms with van der Waals surface area (Å²) in [6, 6.07) is 0. The van der Waals surface area contributed by atoms with Gasteiger partial charge in [0.15, 0.2) is 11.0 Å². The van der Waals surface area contributed by atoms with Gasteiger partial charge in [0.25, 0.3) is 0 Å². The largest absolute Gasteiger partial charge is 0.369 e. The lowest BCUT2D eigenvalue weighted by atomic mass is 10.3. The number of nitrogens with one attached hydrogen (secondary N) is 1. The zero-order valence-electron chi connectivity index (χ0n) is 5.34. The van der Waals surface area contributed by atoms with Gasteiger partial charge in [-0.05, 0) is 6.08 Å². The Bertz CT molecular complexity index is 211. The second kappa shape index (κ2) is 2.90. The molecule has 5 heteroatoms. The molecule has 1 aliphatic heterocycles. The minimum absolute atomic E-state index is 0.0758. The standard InChI is InChI=1S/C5H6ClN3O/c1-10-3-2-4(6)8-9-5(3)7/h2-3,7H,1H3. The van der Waals surface area contributed by atoms with Crippen molar-refractivity contribution in [3.05, 3.63) is 11.2 Å². The van der Waals surface area contributed by atoms with Crippen molar-refractivity contribution in [2.24, 2.45) is 10.2 Å². The Labute approximate surface area is 63.1 Å². The monoisotopic (exact) mass is 159 g/mol. The van der Waals surface area contributed by atoms with Crippen LogP contribution in [0.1, 0.15) is 0 Å². The second-order valence-electron chi connectivity index (χ2n) is 1.73. The van der Waals surface area contributed by atoms with Crippen LogP contribution in [0.3, 0.4) is 0 Å². The lowest BCUT2D eigenvalue weighted by Gasteiger charge is -2.10. The molecule has 1 heterocycles. The van der Waals surface area contributed by atoms with Crippen LogP contribution in [0.5, 0.6) is 0 Å². The molecule has 1 unspecified atom stereocenters. The van der Waals surface area contributed by atoms with Crippen molar-refractivity contribution in [1.29, 1.82) is 5.41 Å². The van der Waals surface area contributed by atoms with Crippen molar-refractivity contribution in [1.82, 2.24) is 0 Å². The van der Waals surface area contributed by atoms with Crippen LogP contribution in [0.2, 0.25) is 0 Å². The topological polar surface area (TPSA) is 57.8 Å². The summed E-state index contributed by atoms with van der Waals surface area (Å²) in [7, 11) is 1.49. The molecule has 1 rings (SSSR count). The van der Waals surface area contributed by atoms with Gasteiger partial charge in [-0.2, -0.15) is 0 Å². The Hall–Kier alpha value is -0.740. The van der Waals surface area contributed by atoms with Crippen LogP contribution in [0.25, 0.3) is 0 Å². The van der Waals surface area contributed by atoms with E-state index in [1.165, 1.54) is 13.2 Å². The molecular weight excluding hydrogens is 154 g/mol. The first kappa shape index (κ1) is 7.37. The number of ether oxygens (including phenoxy) is 1. The maximum Gasteiger partial charge on any atom is 0.176 e. The molecule has 1 atom stereocenters. The summed E-state index contributed by atoms with van der Waals surface area (Å²) in [5, 5.41) is 14.3. The fraction of sp³-hybridized carbons (Fsp3) is 0.400. The maximum absolute atomic E-state index is 7.15. The van der Waals surface area contributed by atoms with E-state index in [1.807, 2.05) is 0 Å². The van der Waals surface area contributed by atoms with Crippen LogP contribution >= 0.6 is 11.6 Å². The lowest BCUT2D eigenvalue weighted by molar-refractivity contribution is 0.188. The fourth-order valence-corrected chi connectivity index (χ4v) is 0.728. The summed E-state index contributed by atoms with van der Waals surface area (Å²) >= 11 is 5.48. The average molecular weight is 160 g/mol. The SMILES string of the molecule is COC1C=C(Cl)N=NC1=N. The molecule has 0 radical (unpaired) electrons. The molecule has 0 amide bonds. The number of halogens is 1. The number of amidine groups is 1. The van der Waals surface area contributed by atoms with Crippen molar-refractivity contribution < 1.29 is 4.74 Å². The zero-order chi connectivity index (χ0) is 7.56. The molecule has 0 aromatic carbocycles. The highest BCUT2D eigenvalue weighted by molar-refractivity contribution is 6.29. The third-order valence-electron chi connectivity index (χ3n) is 1.07. The Morgan fingerprint density at radius 1 is 1.70 bits per heavy atom. The van der Waals surface area contributed by atoms with Gasteiger partial charge >= 0.3 is 0 Å². The highest BCUT2D eigenvalue weighted by Gasteiger charge is 2.14. The van der Waals surface area contributed by atoms with E-state index in [2.05, 4.69) is 10.2 Å². The molecule has 0 aromatic rings. The molecule has 0 spiro atoms. The molecular formula is C5H6ClN3O. The van der Waals surface area contributed by atoms with Crippen LogP contribution in [-0.2, 0) is 4.74 Å². The van der Waals surface area contributed by atoms with E-state index >= 15 is 0 Å². The van der Waals surface area contributed by atoms with Crippen molar-refractivity contribution in [2.75, 3.05) is 7.11 Å². The first-order valence-corrected chi connectivity index (χ1v) is 3.02. The van der Waals surface area contributed by atoms with E-state index in [1.54, 1.807) is 0 Å². The quantitative estimate of drug-likeness (QED) is 0.580. The Morgan fingerprint density at radius 2 is 2.40 bits per heavy atom. The van der Waals surface area contributed by atoms with Gasteiger partial charge in [0.05, 0.1) is 0 Å². The van der Waals surface area contributed by atoms with E-state index in [9.17, 15) is 0 Å². The van der Waals surface area contributed by atoms with Crippen molar-refractivity contribution in [3.8, 4) is 0 Å². The van der Waals surface area contributed by atoms with Crippen LogP contribution in [0, 0.1) is 5.41 Å². The second-order valence-corrected chi connectivity index (χ2v) is 2.12. The highest BCUT2D eigenvalue weighted by atomic mass is 35.5. The predicted octanol–water partition coefficient (Wildman–Crippen LogP) is 1.52. The Balaban J connectivity index is 2.76. The maximum atomic E-state index is 7.15. The minimum Gasteiger partial charge on any atom is -0.369 e. The van der Waals surface area contributed by atoms with E-state index in [0.717, 1.165) is 0 Å². The van der Waals surface area contributed by atoms with E-state index in [0.29, 0.717) is 0 Å². The van der Waals surface area contributed by atoms with Crippen LogP contribution in [0.4, 0.5) is 0 Å². The summed E-state index contributed by atoms with van der Waals surface area (Å²) in [5.41, 5.74) is 0.